The van der Waals surface area contributed by atoms with Crippen LogP contribution in [0.5, 0.6) is 5.75 Å². The van der Waals surface area contributed by atoms with Gasteiger partial charge in [-0.15, -0.1) is 11.3 Å². The minimum Gasteiger partial charge on any atom is -0.497 e. The Bertz CT molecular complexity index is 1020. The molecule has 0 N–H and O–H groups in total. The molecule has 0 amide bonds. The summed E-state index contributed by atoms with van der Waals surface area (Å²) in [6.07, 6.45) is 0. The molecule has 24 heavy (non-hydrogen) atoms. The summed E-state index contributed by atoms with van der Waals surface area (Å²) in [6, 6.07) is 17.0. The zero-order chi connectivity index (χ0) is 16.5. The van der Waals surface area contributed by atoms with E-state index in [2.05, 4.69) is 4.98 Å². The summed E-state index contributed by atoms with van der Waals surface area (Å²) in [5.74, 6) is 0.786. The number of hydrogen-bond donors (Lipinski definition) is 0. The van der Waals surface area contributed by atoms with Gasteiger partial charge in [0.15, 0.2) is 5.76 Å². The molecule has 0 unspecified atom stereocenters. The number of aromatic nitrogens is 1. The maximum Gasteiger partial charge on any atom is 0.247 e. The molecule has 0 spiro atoms. The van der Waals surface area contributed by atoms with Crippen molar-refractivity contribution in [2.45, 2.75) is 0 Å². The summed E-state index contributed by atoms with van der Waals surface area (Å²) in [6.45, 7) is 0. The zero-order valence-electron chi connectivity index (χ0n) is 12.9. The van der Waals surface area contributed by atoms with Crippen LogP contribution in [0.1, 0.15) is 16.2 Å². The van der Waals surface area contributed by atoms with E-state index in [4.69, 9.17) is 9.15 Å². The van der Waals surface area contributed by atoms with Crippen LogP contribution < -0.4 is 4.74 Å². The monoisotopic (exact) mass is 335 g/mol. The normalized spacial score (nSPS) is 10.9. The second-order valence-electron chi connectivity index (χ2n) is 5.25. The van der Waals surface area contributed by atoms with Gasteiger partial charge in [0.2, 0.25) is 5.78 Å². The van der Waals surface area contributed by atoms with Gasteiger partial charge in [-0.25, -0.2) is 4.98 Å². The lowest BCUT2D eigenvalue weighted by atomic mass is 10.2. The smallest absolute Gasteiger partial charge is 0.247 e. The Morgan fingerprint density at radius 1 is 1.12 bits per heavy atom. The van der Waals surface area contributed by atoms with E-state index in [-0.39, 0.29) is 11.5 Å². The van der Waals surface area contributed by atoms with E-state index in [0.717, 1.165) is 21.7 Å². The van der Waals surface area contributed by atoms with Gasteiger partial charge in [0.05, 0.1) is 7.11 Å². The Labute approximate surface area is 142 Å². The van der Waals surface area contributed by atoms with Crippen LogP contribution in [0, 0.1) is 0 Å². The van der Waals surface area contributed by atoms with Crippen molar-refractivity contribution in [2.75, 3.05) is 7.11 Å². The Kier molecular flexibility index (Phi) is 3.63. The van der Waals surface area contributed by atoms with Crippen LogP contribution in [0.4, 0.5) is 0 Å². The quantitative estimate of drug-likeness (QED) is 0.503. The zero-order valence-corrected chi connectivity index (χ0v) is 13.7. The van der Waals surface area contributed by atoms with Gasteiger partial charge in [-0.3, -0.25) is 4.79 Å². The van der Waals surface area contributed by atoms with Gasteiger partial charge in [-0.05, 0) is 24.3 Å². The van der Waals surface area contributed by atoms with Gasteiger partial charge < -0.3 is 9.15 Å². The van der Waals surface area contributed by atoms with Crippen LogP contribution in [0.2, 0.25) is 0 Å². The first-order valence-electron chi connectivity index (χ1n) is 7.38. The van der Waals surface area contributed by atoms with Crippen molar-refractivity contribution in [2.24, 2.45) is 0 Å². The predicted molar refractivity (Wildman–Crippen MR) is 93.7 cm³/mol. The van der Waals surface area contributed by atoms with Crippen molar-refractivity contribution in [3.05, 3.63) is 71.4 Å². The molecular formula is C19H13NO3S. The highest BCUT2D eigenvalue weighted by atomic mass is 32.1. The lowest BCUT2D eigenvalue weighted by molar-refractivity contribution is 0.101. The van der Waals surface area contributed by atoms with E-state index in [9.17, 15) is 4.79 Å². The second kappa shape index (κ2) is 5.94. The molecule has 0 saturated heterocycles. The summed E-state index contributed by atoms with van der Waals surface area (Å²) < 4.78 is 10.8. The second-order valence-corrected chi connectivity index (χ2v) is 6.11. The minimum absolute atomic E-state index is 0.219. The number of rotatable bonds is 4. The number of thiazole rings is 1. The SMILES string of the molecule is COc1ccc2oc(C(=O)c3csc(-c4ccccc4)n3)cc2c1. The van der Waals surface area contributed by atoms with Gasteiger partial charge in [0.25, 0.3) is 0 Å². The third-order valence-electron chi connectivity index (χ3n) is 3.70. The number of benzene rings is 2. The van der Waals surface area contributed by atoms with Crippen LogP contribution in [-0.2, 0) is 0 Å². The van der Waals surface area contributed by atoms with Crippen molar-refractivity contribution >= 4 is 28.1 Å². The van der Waals surface area contributed by atoms with Crippen LogP contribution in [0.3, 0.4) is 0 Å². The average Bonchev–Trinajstić information content (AvgIpc) is 3.28. The Balaban J connectivity index is 1.68. The Morgan fingerprint density at radius 2 is 1.96 bits per heavy atom. The van der Waals surface area contributed by atoms with E-state index in [1.165, 1.54) is 11.3 Å². The van der Waals surface area contributed by atoms with Crippen molar-refractivity contribution in [1.29, 1.82) is 0 Å². The number of methoxy groups -OCH3 is 1. The average molecular weight is 335 g/mol. The highest BCUT2D eigenvalue weighted by Gasteiger charge is 2.18. The van der Waals surface area contributed by atoms with Crippen molar-refractivity contribution < 1.29 is 13.9 Å². The Hall–Kier alpha value is -2.92. The first-order chi connectivity index (χ1) is 11.7. The number of furan rings is 1. The summed E-state index contributed by atoms with van der Waals surface area (Å²) in [4.78, 5) is 17.1. The van der Waals surface area contributed by atoms with E-state index in [1.807, 2.05) is 36.4 Å². The largest absolute Gasteiger partial charge is 0.497 e. The fourth-order valence-corrected chi connectivity index (χ4v) is 3.28. The van der Waals surface area contributed by atoms with Gasteiger partial charge >= 0.3 is 0 Å². The molecule has 118 valence electrons. The number of carbonyl (C=O) groups excluding carboxylic acids is 1. The number of nitrogens with zero attached hydrogens (tertiary/aromatic N) is 1. The van der Waals surface area contributed by atoms with Crippen molar-refractivity contribution in [3.63, 3.8) is 0 Å². The lowest BCUT2D eigenvalue weighted by Gasteiger charge is -1.96. The minimum atomic E-state index is -0.219. The topological polar surface area (TPSA) is 52.3 Å². The fourth-order valence-electron chi connectivity index (χ4n) is 2.48. The molecule has 0 radical (unpaired) electrons. The van der Waals surface area contributed by atoms with Crippen molar-refractivity contribution in [1.82, 2.24) is 4.98 Å². The molecule has 4 aromatic rings. The number of ketones is 1. The standard InChI is InChI=1S/C19H13NO3S/c1-22-14-7-8-16-13(9-14)10-17(23-16)18(21)15-11-24-19(20-15)12-5-3-2-4-6-12/h2-11H,1H3. The first-order valence-corrected chi connectivity index (χ1v) is 8.26. The first kappa shape index (κ1) is 14.7. The van der Waals surface area contributed by atoms with Crippen LogP contribution >= 0.6 is 11.3 Å². The molecule has 5 heteroatoms. The molecule has 4 rings (SSSR count). The molecule has 0 atom stereocenters. The third-order valence-corrected chi connectivity index (χ3v) is 4.60. The summed E-state index contributed by atoms with van der Waals surface area (Å²) in [5, 5.41) is 3.41. The highest BCUT2D eigenvalue weighted by Crippen LogP contribution is 2.28. The highest BCUT2D eigenvalue weighted by molar-refractivity contribution is 7.13. The molecule has 4 nitrogen and oxygen atoms in total. The molecule has 2 aromatic heterocycles. The van der Waals surface area contributed by atoms with Gasteiger partial charge in [0, 0.05) is 16.3 Å². The molecule has 0 saturated carbocycles. The van der Waals surface area contributed by atoms with E-state index in [0.29, 0.717) is 11.3 Å². The number of ether oxygens (including phenoxy) is 1. The molecule has 2 heterocycles. The number of carbonyl (C=O) groups is 1. The maximum absolute atomic E-state index is 12.6. The summed E-state index contributed by atoms with van der Waals surface area (Å²) >= 11 is 1.44. The molecule has 0 bridgehead atoms. The summed E-state index contributed by atoms with van der Waals surface area (Å²) in [7, 11) is 1.60. The van der Waals surface area contributed by atoms with Crippen LogP contribution in [0.15, 0.2) is 64.4 Å². The molecular weight excluding hydrogens is 322 g/mol. The van der Waals surface area contributed by atoms with Gasteiger partial charge in [-0.1, -0.05) is 30.3 Å². The molecule has 0 aliphatic rings. The van der Waals surface area contributed by atoms with E-state index in [1.54, 1.807) is 30.7 Å². The molecule has 0 aliphatic carbocycles. The third kappa shape index (κ3) is 2.59. The predicted octanol–water partition coefficient (Wildman–Crippen LogP) is 4.80. The van der Waals surface area contributed by atoms with Crippen molar-refractivity contribution in [3.8, 4) is 16.3 Å². The number of fused-ring (bicyclic) bond motifs is 1. The molecule has 0 fully saturated rings. The molecule has 0 aliphatic heterocycles. The van der Waals surface area contributed by atoms with E-state index < -0.39 is 0 Å². The van der Waals surface area contributed by atoms with Gasteiger partial charge in [0.1, 0.15) is 22.0 Å². The fraction of sp³-hybridized carbons (Fsp3) is 0.0526. The van der Waals surface area contributed by atoms with Crippen LogP contribution in [-0.4, -0.2) is 17.9 Å². The van der Waals surface area contributed by atoms with Crippen LogP contribution in [0.25, 0.3) is 21.5 Å². The Morgan fingerprint density at radius 3 is 2.75 bits per heavy atom. The molecule has 2 aromatic carbocycles. The van der Waals surface area contributed by atoms with E-state index >= 15 is 0 Å². The summed E-state index contributed by atoms with van der Waals surface area (Å²) in [5.41, 5.74) is 2.04. The lowest BCUT2D eigenvalue weighted by Crippen LogP contribution is -1.99. The number of hydrogen-bond acceptors (Lipinski definition) is 5. The van der Waals surface area contributed by atoms with Gasteiger partial charge in [-0.2, -0.15) is 0 Å². The maximum atomic E-state index is 12.6.